The number of aryl methyl sites for hydroxylation is 1. The quantitative estimate of drug-likeness (QED) is 0.800. The third kappa shape index (κ3) is 2.66. The van der Waals surface area contributed by atoms with Gasteiger partial charge in [-0.2, -0.15) is 0 Å². The van der Waals surface area contributed by atoms with Gasteiger partial charge in [0.2, 0.25) is 0 Å². The second-order valence-electron chi connectivity index (χ2n) is 3.88. The van der Waals surface area contributed by atoms with E-state index in [-0.39, 0.29) is 5.38 Å². The number of rotatable bonds is 4. The molecule has 2 heterocycles. The van der Waals surface area contributed by atoms with Gasteiger partial charge in [0.05, 0.1) is 17.1 Å². The Hall–Kier alpha value is -0.940. The lowest BCUT2D eigenvalue weighted by molar-refractivity contribution is 0.672. The fraction of sp³-hybridized carbons (Fsp3) is 0.455. The summed E-state index contributed by atoms with van der Waals surface area (Å²) >= 11 is 6.12. The van der Waals surface area contributed by atoms with Crippen LogP contribution in [0.5, 0.6) is 0 Å². The van der Waals surface area contributed by atoms with Crippen LogP contribution in [-0.2, 0) is 17.3 Å². The predicted octanol–water partition coefficient (Wildman–Crippen LogP) is 2.11. The molecule has 0 saturated carbocycles. The van der Waals surface area contributed by atoms with Gasteiger partial charge in [0.1, 0.15) is 11.3 Å². The molecule has 6 heteroatoms. The lowest BCUT2D eigenvalue weighted by Gasteiger charge is -2.09. The second kappa shape index (κ2) is 5.14. The molecule has 2 unspecified atom stereocenters. The van der Waals surface area contributed by atoms with Gasteiger partial charge in [-0.25, -0.2) is 4.98 Å². The van der Waals surface area contributed by atoms with Crippen molar-refractivity contribution in [2.45, 2.75) is 18.8 Å². The summed E-state index contributed by atoms with van der Waals surface area (Å²) in [6, 6.07) is 1.91. The van der Waals surface area contributed by atoms with E-state index in [0.29, 0.717) is 12.3 Å². The maximum Gasteiger partial charge on any atom is 0.127 e. The van der Waals surface area contributed by atoms with Crippen molar-refractivity contribution >= 4 is 33.4 Å². The highest BCUT2D eigenvalue weighted by molar-refractivity contribution is 7.84. The fourth-order valence-corrected chi connectivity index (χ4v) is 2.37. The van der Waals surface area contributed by atoms with Gasteiger partial charge in [-0.1, -0.05) is 0 Å². The molecule has 17 heavy (non-hydrogen) atoms. The van der Waals surface area contributed by atoms with Crippen molar-refractivity contribution in [3.8, 4) is 0 Å². The van der Waals surface area contributed by atoms with Gasteiger partial charge in [-0.3, -0.25) is 9.19 Å². The van der Waals surface area contributed by atoms with Crippen LogP contribution < -0.4 is 0 Å². The number of nitrogens with zero attached hydrogens (tertiary/aromatic N) is 3. The van der Waals surface area contributed by atoms with Crippen molar-refractivity contribution in [1.82, 2.24) is 14.5 Å². The summed E-state index contributed by atoms with van der Waals surface area (Å²) < 4.78 is 13.2. The summed E-state index contributed by atoms with van der Waals surface area (Å²) in [5, 5.41) is -0.173. The van der Waals surface area contributed by atoms with Gasteiger partial charge in [-0.05, 0) is 13.0 Å². The molecule has 0 aliphatic heterocycles. The fourth-order valence-electron chi connectivity index (χ4n) is 1.76. The summed E-state index contributed by atoms with van der Waals surface area (Å²) in [5.41, 5.74) is 1.82. The van der Waals surface area contributed by atoms with Crippen molar-refractivity contribution in [1.29, 1.82) is 0 Å². The van der Waals surface area contributed by atoms with Crippen LogP contribution in [0.25, 0.3) is 11.0 Å². The number of fused-ring (bicyclic) bond motifs is 1. The standard InChI is InChI=1S/C11H14ClN3OS/c1-8(12)11-14-9-7-13-4-3-10(9)15(11)5-6-17(2)16/h3-4,7-8H,5-6H2,1-2H3. The molecule has 0 bridgehead atoms. The normalized spacial score (nSPS) is 15.0. The Kier molecular flexibility index (Phi) is 3.79. The molecule has 0 amide bonds. The summed E-state index contributed by atoms with van der Waals surface area (Å²) in [6.07, 6.45) is 5.15. The predicted molar refractivity (Wildman–Crippen MR) is 70.7 cm³/mol. The highest BCUT2D eigenvalue weighted by Crippen LogP contribution is 2.23. The summed E-state index contributed by atoms with van der Waals surface area (Å²) in [7, 11) is -0.822. The van der Waals surface area contributed by atoms with Crippen LogP contribution in [0, 0.1) is 0 Å². The number of hydrogen-bond donors (Lipinski definition) is 0. The van der Waals surface area contributed by atoms with Crippen LogP contribution in [0.2, 0.25) is 0 Å². The van der Waals surface area contributed by atoms with Crippen LogP contribution >= 0.6 is 11.6 Å². The maximum absolute atomic E-state index is 11.2. The molecular formula is C11H14ClN3OS. The van der Waals surface area contributed by atoms with Crippen molar-refractivity contribution in [3.05, 3.63) is 24.3 Å². The number of pyridine rings is 1. The van der Waals surface area contributed by atoms with E-state index in [9.17, 15) is 4.21 Å². The molecule has 0 N–H and O–H groups in total. The van der Waals surface area contributed by atoms with E-state index in [0.717, 1.165) is 16.9 Å². The van der Waals surface area contributed by atoms with E-state index in [1.165, 1.54) is 0 Å². The Morgan fingerprint density at radius 1 is 1.59 bits per heavy atom. The summed E-state index contributed by atoms with van der Waals surface area (Å²) in [5.74, 6) is 1.41. The molecule has 0 spiro atoms. The first-order chi connectivity index (χ1) is 8.09. The zero-order valence-corrected chi connectivity index (χ0v) is 11.3. The molecular weight excluding hydrogens is 258 g/mol. The minimum Gasteiger partial charge on any atom is -0.326 e. The van der Waals surface area contributed by atoms with Gasteiger partial charge in [-0.15, -0.1) is 11.6 Å². The molecule has 0 aromatic carbocycles. The van der Waals surface area contributed by atoms with Crippen molar-refractivity contribution < 1.29 is 4.21 Å². The van der Waals surface area contributed by atoms with E-state index in [2.05, 4.69) is 9.97 Å². The van der Waals surface area contributed by atoms with Gasteiger partial charge in [0, 0.05) is 35.5 Å². The summed E-state index contributed by atoms with van der Waals surface area (Å²) in [6.45, 7) is 2.55. The number of halogens is 1. The minimum absolute atomic E-state index is 0.173. The van der Waals surface area contributed by atoms with E-state index >= 15 is 0 Å². The zero-order chi connectivity index (χ0) is 12.4. The van der Waals surface area contributed by atoms with Gasteiger partial charge >= 0.3 is 0 Å². The van der Waals surface area contributed by atoms with Crippen molar-refractivity contribution in [2.24, 2.45) is 0 Å². The molecule has 0 radical (unpaired) electrons. The molecule has 0 fully saturated rings. The number of alkyl halides is 1. The van der Waals surface area contributed by atoms with Crippen LogP contribution in [0.4, 0.5) is 0 Å². The number of aromatic nitrogens is 3. The van der Waals surface area contributed by atoms with E-state index in [4.69, 9.17) is 11.6 Å². The van der Waals surface area contributed by atoms with Crippen LogP contribution in [0.3, 0.4) is 0 Å². The molecule has 2 atom stereocenters. The number of imidazole rings is 1. The molecule has 0 aliphatic rings. The third-order valence-corrected chi connectivity index (χ3v) is 3.49. The van der Waals surface area contributed by atoms with Gasteiger partial charge < -0.3 is 4.57 Å². The smallest absolute Gasteiger partial charge is 0.127 e. The minimum atomic E-state index is -0.822. The molecule has 0 aliphatic carbocycles. The monoisotopic (exact) mass is 271 g/mol. The molecule has 2 rings (SSSR count). The maximum atomic E-state index is 11.2. The van der Waals surface area contributed by atoms with Crippen molar-refractivity contribution in [2.75, 3.05) is 12.0 Å². The second-order valence-corrected chi connectivity index (χ2v) is 6.09. The molecule has 0 saturated heterocycles. The Balaban J connectivity index is 2.48. The van der Waals surface area contributed by atoms with Crippen LogP contribution in [0.15, 0.2) is 18.5 Å². The Labute approximate surface area is 107 Å². The summed E-state index contributed by atoms with van der Waals surface area (Å²) in [4.78, 5) is 8.50. The zero-order valence-electron chi connectivity index (χ0n) is 9.76. The molecule has 2 aromatic rings. The molecule has 4 nitrogen and oxygen atoms in total. The van der Waals surface area contributed by atoms with E-state index in [1.54, 1.807) is 18.6 Å². The highest BCUT2D eigenvalue weighted by atomic mass is 35.5. The first kappa shape index (κ1) is 12.5. The third-order valence-electron chi connectivity index (χ3n) is 2.54. The lowest BCUT2D eigenvalue weighted by Crippen LogP contribution is -2.10. The van der Waals surface area contributed by atoms with Crippen LogP contribution in [0.1, 0.15) is 18.1 Å². The highest BCUT2D eigenvalue weighted by Gasteiger charge is 2.14. The largest absolute Gasteiger partial charge is 0.326 e. The van der Waals surface area contributed by atoms with E-state index < -0.39 is 10.8 Å². The average molecular weight is 272 g/mol. The van der Waals surface area contributed by atoms with Crippen molar-refractivity contribution in [3.63, 3.8) is 0 Å². The first-order valence-electron chi connectivity index (χ1n) is 5.34. The Morgan fingerprint density at radius 3 is 3.00 bits per heavy atom. The Bertz CT molecular complexity index is 553. The lowest BCUT2D eigenvalue weighted by atomic mass is 10.4. The van der Waals surface area contributed by atoms with E-state index in [1.807, 2.05) is 17.6 Å². The first-order valence-corrected chi connectivity index (χ1v) is 7.50. The topological polar surface area (TPSA) is 47.8 Å². The average Bonchev–Trinajstić information content (AvgIpc) is 2.65. The molecule has 92 valence electrons. The SMILES string of the molecule is CC(Cl)c1nc2cnccc2n1CCS(C)=O. The van der Waals surface area contributed by atoms with Crippen LogP contribution in [-0.4, -0.2) is 30.8 Å². The molecule has 2 aromatic heterocycles. The van der Waals surface area contributed by atoms with Gasteiger partial charge in [0.25, 0.3) is 0 Å². The Morgan fingerprint density at radius 2 is 2.35 bits per heavy atom. The van der Waals surface area contributed by atoms with Gasteiger partial charge in [0.15, 0.2) is 0 Å². The number of hydrogen-bond acceptors (Lipinski definition) is 3.